The predicted octanol–water partition coefficient (Wildman–Crippen LogP) is 17.8. The number of anilines is 4. The molecule has 0 saturated heterocycles. The second kappa shape index (κ2) is 52.5. The summed E-state index contributed by atoms with van der Waals surface area (Å²) in [5, 5.41) is 28.1. The van der Waals surface area contributed by atoms with E-state index in [1.54, 1.807) is 72.7 Å². The molecule has 0 aromatic heterocycles. The van der Waals surface area contributed by atoms with Crippen LogP contribution in [0.3, 0.4) is 0 Å². The van der Waals surface area contributed by atoms with Crippen molar-refractivity contribution in [3.63, 3.8) is 0 Å². The van der Waals surface area contributed by atoms with Crippen LogP contribution in [0.1, 0.15) is 293 Å². The molecule has 5 unspecified atom stereocenters. The lowest BCUT2D eigenvalue weighted by Crippen LogP contribution is -2.57. The molecule has 0 saturated carbocycles. The average Bonchev–Trinajstić information content (AvgIpc) is 1.32. The standard InChI is InChI=1S/C77H134N10O10/c1-14-16-18-20-22-24-26-28-30-32-34-36-38-40-42-44-50-78-70(88)66(55(3)4)84-72(90)68(57(7)8)86-74(92)80-62-48-46-59(11)64(52-62)82-76(94)96-54-61(13)97-77(95)83-65-53-63(49-47-60(65)12)81-75(93)87-69(58(9)10)73(91)85-67(56(5)6)71(89)79-51-45-43-41-39-37-35-33-31-29-27-25-23-21-19-17-15-2/h46-49,52-53,55-58,61,66-69H,14-45,50-51,54H2,1-13H3,(H,78,88)(H,79,89)(H,82,94)(H,83,95)(H,84,90)(H,85,91)(H2,80,86,92)(H2,81,87,93). The van der Waals surface area contributed by atoms with E-state index in [1.165, 1.54) is 179 Å². The molecule has 10 amide bonds. The molecule has 2 aromatic rings. The van der Waals surface area contributed by atoms with Crippen LogP contribution in [-0.2, 0) is 28.7 Å². The lowest BCUT2D eigenvalue weighted by atomic mass is 9.99. The van der Waals surface area contributed by atoms with Crippen LogP contribution in [0.15, 0.2) is 36.4 Å². The van der Waals surface area contributed by atoms with E-state index in [-0.39, 0.29) is 42.1 Å². The summed E-state index contributed by atoms with van der Waals surface area (Å²) in [6.07, 6.45) is 38.0. The summed E-state index contributed by atoms with van der Waals surface area (Å²) in [6.45, 7) is 25.0. The number of carbonyl (C=O) groups is 8. The number of benzene rings is 2. The summed E-state index contributed by atoms with van der Waals surface area (Å²) in [4.78, 5) is 107. The third-order valence-electron chi connectivity index (χ3n) is 17.8. The van der Waals surface area contributed by atoms with Gasteiger partial charge in [-0.05, 0) is 92.7 Å². The highest BCUT2D eigenvalue weighted by Gasteiger charge is 2.32. The smallest absolute Gasteiger partial charge is 0.412 e. The van der Waals surface area contributed by atoms with Gasteiger partial charge in [0, 0.05) is 35.8 Å². The highest BCUT2D eigenvalue weighted by molar-refractivity contribution is 5.98. The second-order valence-electron chi connectivity index (χ2n) is 28.4. The zero-order valence-electron chi connectivity index (χ0n) is 62.5. The van der Waals surface area contributed by atoms with Crippen LogP contribution in [0.4, 0.5) is 41.9 Å². The minimum absolute atomic E-state index is 0.201. The van der Waals surface area contributed by atoms with Crippen molar-refractivity contribution in [2.24, 2.45) is 23.7 Å². The first kappa shape index (κ1) is 86.5. The maximum absolute atomic E-state index is 13.7. The Kier molecular flexibility index (Phi) is 46.8. The molecule has 5 atom stereocenters. The van der Waals surface area contributed by atoms with E-state index >= 15 is 0 Å². The van der Waals surface area contributed by atoms with Gasteiger partial charge in [-0.3, -0.25) is 29.8 Å². The monoisotopic (exact) mass is 1360 g/mol. The van der Waals surface area contributed by atoms with Crippen molar-refractivity contribution < 1.29 is 47.8 Å². The highest BCUT2D eigenvalue weighted by atomic mass is 16.6. The topological polar surface area (TPSA) is 275 Å². The van der Waals surface area contributed by atoms with Crippen molar-refractivity contribution in [3.05, 3.63) is 47.5 Å². The zero-order valence-corrected chi connectivity index (χ0v) is 62.5. The third-order valence-corrected chi connectivity index (χ3v) is 17.8. The van der Waals surface area contributed by atoms with Crippen LogP contribution in [-0.4, -0.2) is 97.8 Å². The Morgan fingerprint density at radius 2 is 0.619 bits per heavy atom. The van der Waals surface area contributed by atoms with Crippen LogP contribution in [0, 0.1) is 37.5 Å². The van der Waals surface area contributed by atoms with Gasteiger partial charge in [-0.15, -0.1) is 0 Å². The molecule has 552 valence electrons. The molecule has 0 aliphatic heterocycles. The summed E-state index contributed by atoms with van der Waals surface area (Å²) < 4.78 is 10.9. The number of nitrogens with one attached hydrogen (secondary N) is 10. The number of aryl methyl sites for hydroxylation is 2. The van der Waals surface area contributed by atoms with Crippen LogP contribution >= 0.6 is 0 Å². The average molecular weight is 1360 g/mol. The summed E-state index contributed by atoms with van der Waals surface area (Å²) in [7, 11) is 0. The Bertz CT molecular complexity index is 2560. The van der Waals surface area contributed by atoms with E-state index in [9.17, 15) is 38.4 Å². The minimum atomic E-state index is -0.969. The Morgan fingerprint density at radius 1 is 0.340 bits per heavy atom. The van der Waals surface area contributed by atoms with Gasteiger partial charge in [0.15, 0.2) is 0 Å². The van der Waals surface area contributed by atoms with Crippen molar-refractivity contribution in [2.45, 2.75) is 326 Å². The van der Waals surface area contributed by atoms with Crippen molar-refractivity contribution in [2.75, 3.05) is 41.0 Å². The number of carbonyl (C=O) groups excluding carboxylic acids is 8. The lowest BCUT2D eigenvalue weighted by molar-refractivity contribution is -0.131. The number of unbranched alkanes of at least 4 members (excludes halogenated alkanes) is 30. The summed E-state index contributed by atoms with van der Waals surface area (Å²) >= 11 is 0. The molecular weight excluding hydrogens is 1220 g/mol. The highest BCUT2D eigenvalue weighted by Crippen LogP contribution is 2.24. The maximum atomic E-state index is 13.7. The fourth-order valence-electron chi connectivity index (χ4n) is 11.6. The molecule has 2 rings (SSSR count). The fourth-order valence-corrected chi connectivity index (χ4v) is 11.6. The Hall–Kier alpha value is -6.60. The SMILES string of the molecule is CCCCCCCCCCCCCCCCCCNC(=O)C(NC(=O)C(NC(=O)Nc1ccc(C)c(NC(=O)OCC(C)OC(=O)Nc2cc(NC(=O)NC(C(=O)NC(C(=O)NCCCCCCCCCCCCCCCCCC)C(C)C)C(C)C)ccc2C)c1)C(C)C)C(C)C. The third kappa shape index (κ3) is 40.2. The number of amides is 10. The van der Waals surface area contributed by atoms with Gasteiger partial charge in [0.25, 0.3) is 0 Å². The first-order valence-electron chi connectivity index (χ1n) is 37.9. The van der Waals surface area contributed by atoms with Crippen molar-refractivity contribution in [1.82, 2.24) is 31.9 Å². The van der Waals surface area contributed by atoms with Gasteiger partial charge < -0.3 is 52.0 Å². The largest absolute Gasteiger partial charge is 0.445 e. The zero-order chi connectivity index (χ0) is 71.8. The van der Waals surface area contributed by atoms with E-state index in [0.717, 1.165) is 38.5 Å². The normalized spacial score (nSPS) is 12.9. The molecule has 0 aliphatic carbocycles. The van der Waals surface area contributed by atoms with Gasteiger partial charge in [0.05, 0.1) is 0 Å². The quantitative estimate of drug-likeness (QED) is 0.0280. The van der Waals surface area contributed by atoms with Crippen LogP contribution < -0.4 is 53.2 Å². The molecule has 0 bridgehead atoms. The first-order valence-corrected chi connectivity index (χ1v) is 37.9. The molecule has 0 radical (unpaired) electrons. The number of hydrogen-bond acceptors (Lipinski definition) is 10. The van der Waals surface area contributed by atoms with E-state index < -0.39 is 66.3 Å². The molecule has 20 nitrogen and oxygen atoms in total. The molecule has 2 aromatic carbocycles. The van der Waals surface area contributed by atoms with E-state index in [1.807, 2.05) is 27.7 Å². The molecule has 0 heterocycles. The molecule has 0 spiro atoms. The minimum Gasteiger partial charge on any atom is -0.445 e. The van der Waals surface area contributed by atoms with Gasteiger partial charge >= 0.3 is 24.2 Å². The maximum Gasteiger partial charge on any atom is 0.412 e. The van der Waals surface area contributed by atoms with Gasteiger partial charge in [-0.25, -0.2) is 19.2 Å². The molecule has 0 aliphatic rings. The number of rotatable bonds is 53. The Balaban J connectivity index is 1.79. The number of ether oxygens (including phenoxy) is 2. The van der Waals surface area contributed by atoms with Crippen LogP contribution in [0.2, 0.25) is 0 Å². The summed E-state index contributed by atoms with van der Waals surface area (Å²) in [5.74, 6) is -2.54. The van der Waals surface area contributed by atoms with E-state index in [2.05, 4.69) is 67.0 Å². The molecular formula is C77H134N10O10. The molecule has 97 heavy (non-hydrogen) atoms. The predicted molar refractivity (Wildman–Crippen MR) is 397 cm³/mol. The Labute approximate surface area is 585 Å². The lowest BCUT2D eigenvalue weighted by Gasteiger charge is -2.27. The number of hydrogen-bond donors (Lipinski definition) is 10. The van der Waals surface area contributed by atoms with Gasteiger partial charge in [-0.2, -0.15) is 0 Å². The fraction of sp³-hybridized carbons (Fsp3) is 0.740. The van der Waals surface area contributed by atoms with Gasteiger partial charge in [0.1, 0.15) is 36.9 Å². The summed E-state index contributed by atoms with van der Waals surface area (Å²) in [5.41, 5.74) is 2.59. The Morgan fingerprint density at radius 3 is 0.918 bits per heavy atom. The van der Waals surface area contributed by atoms with Crippen molar-refractivity contribution in [1.29, 1.82) is 0 Å². The van der Waals surface area contributed by atoms with Crippen molar-refractivity contribution >= 4 is 70.6 Å². The van der Waals surface area contributed by atoms with Crippen molar-refractivity contribution in [3.8, 4) is 0 Å². The van der Waals surface area contributed by atoms with Crippen LogP contribution in [0.5, 0.6) is 0 Å². The van der Waals surface area contributed by atoms with Gasteiger partial charge in [0.2, 0.25) is 23.6 Å². The second-order valence-corrected chi connectivity index (χ2v) is 28.4. The van der Waals surface area contributed by atoms with E-state index in [4.69, 9.17) is 9.47 Å². The molecule has 10 N–H and O–H groups in total. The first-order chi connectivity index (χ1) is 46.5. The molecule has 0 fully saturated rings. The summed E-state index contributed by atoms with van der Waals surface area (Å²) in [6, 6.07) is 4.88. The molecule has 20 heteroatoms. The number of urea groups is 2. The van der Waals surface area contributed by atoms with Crippen LogP contribution in [0.25, 0.3) is 0 Å². The van der Waals surface area contributed by atoms with E-state index in [0.29, 0.717) is 47.0 Å². The van der Waals surface area contributed by atoms with Gasteiger partial charge in [-0.1, -0.05) is 274 Å².